The second-order valence-electron chi connectivity index (χ2n) is 5.77. The SMILES string of the molecule is CC1(C)OB(c2c(N)cncc2S(N)(=O)=O)OC1(C)C. The van der Waals surface area contributed by atoms with Gasteiger partial charge in [-0.15, -0.1) is 0 Å². The van der Waals surface area contributed by atoms with Crippen LogP contribution in [0, 0.1) is 0 Å². The molecule has 7 nitrogen and oxygen atoms in total. The molecule has 0 spiro atoms. The Labute approximate surface area is 118 Å². The lowest BCUT2D eigenvalue weighted by Crippen LogP contribution is -2.41. The van der Waals surface area contributed by atoms with Gasteiger partial charge in [0.15, 0.2) is 0 Å². The van der Waals surface area contributed by atoms with Gasteiger partial charge in [-0.1, -0.05) is 0 Å². The van der Waals surface area contributed by atoms with E-state index in [0.717, 1.165) is 6.20 Å². The summed E-state index contributed by atoms with van der Waals surface area (Å²) >= 11 is 0. The van der Waals surface area contributed by atoms with Crippen LogP contribution in [0.3, 0.4) is 0 Å². The minimum absolute atomic E-state index is 0.162. The molecule has 1 fully saturated rings. The molecule has 2 rings (SSSR count). The molecule has 0 unspecified atom stereocenters. The minimum Gasteiger partial charge on any atom is -0.399 e. The molecule has 0 saturated carbocycles. The maximum Gasteiger partial charge on any atom is 0.498 e. The molecular formula is C11H18BN3O4S. The van der Waals surface area contributed by atoms with Crippen molar-refractivity contribution in [1.29, 1.82) is 0 Å². The smallest absolute Gasteiger partial charge is 0.399 e. The van der Waals surface area contributed by atoms with Crippen molar-refractivity contribution in [2.75, 3.05) is 5.73 Å². The van der Waals surface area contributed by atoms with Gasteiger partial charge in [-0.2, -0.15) is 0 Å². The first-order valence-corrected chi connectivity index (χ1v) is 7.62. The number of aromatic nitrogens is 1. The fourth-order valence-electron chi connectivity index (χ4n) is 1.91. The monoisotopic (exact) mass is 299 g/mol. The van der Waals surface area contributed by atoms with Crippen molar-refractivity contribution in [1.82, 2.24) is 4.98 Å². The molecule has 0 aromatic carbocycles. The standard InChI is InChI=1S/C11H18BN3O4S/c1-10(2)11(3,4)19-12(18-10)9-7(13)5-15-6-8(9)20(14,16)17/h5-6H,13H2,1-4H3,(H2,14,16,17). The highest BCUT2D eigenvalue weighted by molar-refractivity contribution is 7.89. The summed E-state index contributed by atoms with van der Waals surface area (Å²) < 4.78 is 34.9. The first-order valence-electron chi connectivity index (χ1n) is 6.07. The lowest BCUT2D eigenvalue weighted by molar-refractivity contribution is 0.00578. The maximum atomic E-state index is 11.7. The van der Waals surface area contributed by atoms with E-state index in [2.05, 4.69) is 4.98 Å². The number of anilines is 1. The molecule has 2 heterocycles. The summed E-state index contributed by atoms with van der Waals surface area (Å²) in [6.45, 7) is 7.45. The summed E-state index contributed by atoms with van der Waals surface area (Å²) in [7, 11) is -4.88. The number of pyridine rings is 1. The van der Waals surface area contributed by atoms with Gasteiger partial charge in [0.1, 0.15) is 4.90 Å². The van der Waals surface area contributed by atoms with Crippen LogP contribution in [-0.4, -0.2) is 31.7 Å². The molecule has 0 radical (unpaired) electrons. The van der Waals surface area contributed by atoms with Gasteiger partial charge in [0.2, 0.25) is 10.0 Å². The van der Waals surface area contributed by atoms with E-state index in [1.54, 1.807) is 0 Å². The maximum absolute atomic E-state index is 11.7. The van der Waals surface area contributed by atoms with E-state index >= 15 is 0 Å². The number of sulfonamides is 1. The van der Waals surface area contributed by atoms with Crippen LogP contribution in [0.1, 0.15) is 27.7 Å². The summed E-state index contributed by atoms with van der Waals surface area (Å²) in [4.78, 5) is 3.58. The van der Waals surface area contributed by atoms with Gasteiger partial charge in [0.25, 0.3) is 0 Å². The highest BCUT2D eigenvalue weighted by Crippen LogP contribution is 2.37. The van der Waals surface area contributed by atoms with Crippen LogP contribution in [0.4, 0.5) is 5.69 Å². The van der Waals surface area contributed by atoms with E-state index in [1.807, 2.05) is 27.7 Å². The molecule has 1 aliphatic rings. The van der Waals surface area contributed by atoms with Gasteiger partial charge in [-0.25, -0.2) is 13.6 Å². The Morgan fingerprint density at radius 3 is 2.10 bits per heavy atom. The molecule has 4 N–H and O–H groups in total. The molecule has 0 bridgehead atoms. The highest BCUT2D eigenvalue weighted by Gasteiger charge is 2.53. The molecule has 1 aromatic heterocycles. The number of nitrogens with two attached hydrogens (primary N) is 2. The van der Waals surface area contributed by atoms with Crippen molar-refractivity contribution < 1.29 is 17.7 Å². The number of hydrogen-bond acceptors (Lipinski definition) is 6. The molecule has 1 aliphatic heterocycles. The van der Waals surface area contributed by atoms with Crippen LogP contribution in [0.2, 0.25) is 0 Å². The highest BCUT2D eigenvalue weighted by atomic mass is 32.2. The fourth-order valence-corrected chi connectivity index (χ4v) is 2.63. The van der Waals surface area contributed by atoms with Crippen molar-refractivity contribution >= 4 is 28.3 Å². The lowest BCUT2D eigenvalue weighted by atomic mass is 9.78. The summed E-state index contributed by atoms with van der Waals surface area (Å²) in [5.41, 5.74) is 4.97. The van der Waals surface area contributed by atoms with E-state index in [0.29, 0.717) is 0 Å². The predicted octanol–water partition coefficient (Wildman–Crippen LogP) is -0.390. The van der Waals surface area contributed by atoms with Gasteiger partial charge in [0, 0.05) is 17.9 Å². The summed E-state index contributed by atoms with van der Waals surface area (Å²) in [6.07, 6.45) is 2.49. The van der Waals surface area contributed by atoms with E-state index in [4.69, 9.17) is 20.2 Å². The second kappa shape index (κ2) is 4.42. The number of nitrogen functional groups attached to an aromatic ring is 1. The topological polar surface area (TPSA) is 118 Å². The van der Waals surface area contributed by atoms with E-state index in [-0.39, 0.29) is 16.0 Å². The zero-order valence-electron chi connectivity index (χ0n) is 11.9. The Balaban J connectivity index is 2.56. The molecule has 9 heteroatoms. The number of rotatable bonds is 2. The Hall–Kier alpha value is -1.16. The Morgan fingerprint density at radius 1 is 1.15 bits per heavy atom. The number of primary sulfonamides is 1. The van der Waals surface area contributed by atoms with Gasteiger partial charge >= 0.3 is 7.12 Å². The van der Waals surface area contributed by atoms with Crippen LogP contribution >= 0.6 is 0 Å². The zero-order valence-corrected chi connectivity index (χ0v) is 12.7. The van der Waals surface area contributed by atoms with Crippen molar-refractivity contribution in [2.45, 2.75) is 43.8 Å². The molecule has 0 amide bonds. The fraction of sp³-hybridized carbons (Fsp3) is 0.545. The third-order valence-corrected chi connectivity index (χ3v) is 4.72. The minimum atomic E-state index is -3.97. The molecule has 20 heavy (non-hydrogen) atoms. The van der Waals surface area contributed by atoms with Crippen molar-refractivity contribution in [3.63, 3.8) is 0 Å². The van der Waals surface area contributed by atoms with Crippen LogP contribution in [-0.2, 0) is 19.3 Å². The third kappa shape index (κ3) is 2.42. The van der Waals surface area contributed by atoms with E-state index < -0.39 is 28.3 Å². The van der Waals surface area contributed by atoms with Crippen molar-refractivity contribution in [2.24, 2.45) is 5.14 Å². The predicted molar refractivity (Wildman–Crippen MR) is 75.7 cm³/mol. The second-order valence-corrected chi connectivity index (χ2v) is 7.30. The molecule has 1 aromatic rings. The zero-order chi connectivity index (χ0) is 15.3. The molecule has 1 saturated heterocycles. The quantitative estimate of drug-likeness (QED) is 0.718. The molecule has 110 valence electrons. The van der Waals surface area contributed by atoms with Crippen molar-refractivity contribution in [3.05, 3.63) is 12.4 Å². The van der Waals surface area contributed by atoms with Gasteiger partial charge in [-0.05, 0) is 27.7 Å². The molecule has 0 atom stereocenters. The molecule has 0 aliphatic carbocycles. The Kier molecular flexibility index (Phi) is 3.37. The number of hydrogen-bond donors (Lipinski definition) is 2. The summed E-state index contributed by atoms with van der Waals surface area (Å²) in [6, 6.07) is 0. The van der Waals surface area contributed by atoms with Crippen molar-refractivity contribution in [3.8, 4) is 0 Å². The van der Waals surface area contributed by atoms with Gasteiger partial charge in [-0.3, -0.25) is 4.98 Å². The summed E-state index contributed by atoms with van der Waals surface area (Å²) in [5, 5.41) is 5.19. The van der Waals surface area contributed by atoms with Crippen LogP contribution in [0.5, 0.6) is 0 Å². The Bertz CT molecular complexity index is 629. The normalized spacial score (nSPS) is 21.1. The first kappa shape index (κ1) is 15.2. The van der Waals surface area contributed by atoms with E-state index in [9.17, 15) is 8.42 Å². The molecular weight excluding hydrogens is 281 g/mol. The first-order chi connectivity index (χ1) is 8.96. The number of nitrogens with zero attached hydrogens (tertiary/aromatic N) is 1. The van der Waals surface area contributed by atoms with E-state index in [1.165, 1.54) is 6.20 Å². The van der Waals surface area contributed by atoms with Crippen LogP contribution < -0.4 is 16.3 Å². The Morgan fingerprint density at radius 2 is 1.65 bits per heavy atom. The third-order valence-electron chi connectivity index (χ3n) is 3.78. The lowest BCUT2D eigenvalue weighted by Gasteiger charge is -2.32. The average Bonchev–Trinajstić information content (AvgIpc) is 2.46. The average molecular weight is 299 g/mol. The van der Waals surface area contributed by atoms with Crippen LogP contribution in [0.15, 0.2) is 17.3 Å². The summed E-state index contributed by atoms with van der Waals surface area (Å²) in [5.74, 6) is 0. The van der Waals surface area contributed by atoms with Crippen LogP contribution in [0.25, 0.3) is 0 Å². The van der Waals surface area contributed by atoms with Gasteiger partial charge in [0.05, 0.1) is 16.9 Å². The largest absolute Gasteiger partial charge is 0.498 e. The van der Waals surface area contributed by atoms with Gasteiger partial charge < -0.3 is 15.0 Å².